The van der Waals surface area contributed by atoms with E-state index in [0.29, 0.717) is 43.0 Å². The van der Waals surface area contributed by atoms with E-state index in [0.717, 1.165) is 6.07 Å². The Morgan fingerprint density at radius 2 is 1.94 bits per heavy atom. The molecule has 1 spiro atoms. The number of ketones is 1. The first kappa shape index (κ1) is 23.0. The lowest BCUT2D eigenvalue weighted by molar-refractivity contribution is -0.384. The Kier molecular flexibility index (Phi) is 5.99. The number of nitrogens with two attached hydrogens (primary N) is 1. The lowest BCUT2D eigenvalue weighted by atomic mass is 9.82. The van der Waals surface area contributed by atoms with E-state index >= 15 is 0 Å². The summed E-state index contributed by atoms with van der Waals surface area (Å²) >= 11 is 0. The van der Waals surface area contributed by atoms with Crippen molar-refractivity contribution in [3.63, 3.8) is 0 Å². The lowest BCUT2D eigenvalue weighted by Gasteiger charge is -2.44. The van der Waals surface area contributed by atoms with Gasteiger partial charge in [-0.3, -0.25) is 14.9 Å². The third-order valence-corrected chi connectivity index (χ3v) is 6.82. The van der Waals surface area contributed by atoms with Gasteiger partial charge in [-0.1, -0.05) is 0 Å². The average Bonchev–Trinajstić information content (AvgIpc) is 2.77. The van der Waals surface area contributed by atoms with Crippen LogP contribution in [0.15, 0.2) is 41.3 Å². The molecule has 0 bridgehead atoms. The quantitative estimate of drug-likeness (QED) is 0.465. The van der Waals surface area contributed by atoms with Gasteiger partial charge in [-0.2, -0.15) is 0 Å². The highest BCUT2D eigenvalue weighted by molar-refractivity contribution is 7.89. The van der Waals surface area contributed by atoms with E-state index in [1.165, 1.54) is 12.1 Å². The second kappa shape index (κ2) is 8.61. The van der Waals surface area contributed by atoms with E-state index in [4.69, 9.17) is 19.7 Å². The maximum absolute atomic E-state index is 12.9. The fraction of sp³-hybridized carbons (Fsp3) is 0.381. The minimum Gasteiger partial charge on any atom is -0.491 e. The van der Waals surface area contributed by atoms with Crippen molar-refractivity contribution in [2.75, 3.05) is 31.2 Å². The van der Waals surface area contributed by atoms with Crippen LogP contribution in [0.1, 0.15) is 29.6 Å². The van der Waals surface area contributed by atoms with Gasteiger partial charge in [-0.15, -0.1) is 0 Å². The normalized spacial score (nSPS) is 17.4. The average molecular weight is 477 g/mol. The third kappa shape index (κ3) is 4.63. The molecule has 2 aromatic rings. The molecule has 0 saturated carbocycles. The topological polar surface area (TPSA) is 162 Å². The van der Waals surface area contributed by atoms with Crippen molar-refractivity contribution in [3.05, 3.63) is 52.1 Å². The molecular formula is C21H23N3O8S. The molecule has 0 atom stereocenters. The maximum Gasteiger partial charge on any atom is 0.293 e. The second-order valence-corrected chi connectivity index (χ2v) is 9.62. The first-order valence-electron chi connectivity index (χ1n) is 10.3. The van der Waals surface area contributed by atoms with E-state index < -0.39 is 20.5 Å². The van der Waals surface area contributed by atoms with Crippen LogP contribution in [0.3, 0.4) is 0 Å². The Balaban J connectivity index is 1.52. The van der Waals surface area contributed by atoms with Gasteiger partial charge < -0.3 is 19.5 Å². The number of carbonyl (C=O) groups is 1. The Labute approximate surface area is 189 Å². The number of rotatable bonds is 6. The highest BCUT2D eigenvalue weighted by Gasteiger charge is 2.43. The van der Waals surface area contributed by atoms with E-state index in [1.54, 1.807) is 23.1 Å². The van der Waals surface area contributed by atoms with Gasteiger partial charge in [0.05, 0.1) is 28.4 Å². The highest BCUT2D eigenvalue weighted by Crippen LogP contribution is 2.42. The van der Waals surface area contributed by atoms with Crippen LogP contribution in [0.2, 0.25) is 0 Å². The standard InChI is InChI=1S/C21H23N3O8S/c22-33(29,30)15-2-3-17(18(12-15)24(27)28)23-7-5-21(6-8-23)13-19(26)16-11-14(31-10-9-25)1-4-20(16)32-21/h1-4,11-12,25H,5-10,13H2,(H2,22,29,30). The predicted molar refractivity (Wildman–Crippen MR) is 117 cm³/mol. The van der Waals surface area contributed by atoms with Gasteiger partial charge in [0.2, 0.25) is 10.0 Å². The monoisotopic (exact) mass is 477 g/mol. The number of piperidine rings is 1. The molecule has 4 rings (SSSR count). The van der Waals surface area contributed by atoms with Crippen LogP contribution in [0.4, 0.5) is 11.4 Å². The molecular weight excluding hydrogens is 454 g/mol. The van der Waals surface area contributed by atoms with Crippen LogP contribution in [-0.4, -0.2) is 56.1 Å². The number of benzene rings is 2. The van der Waals surface area contributed by atoms with Crippen molar-refractivity contribution < 1.29 is 32.7 Å². The molecule has 12 heteroatoms. The number of primary sulfonamides is 1. The van der Waals surface area contributed by atoms with Crippen LogP contribution >= 0.6 is 0 Å². The van der Waals surface area contributed by atoms with Crippen molar-refractivity contribution in [1.29, 1.82) is 0 Å². The zero-order valence-electron chi connectivity index (χ0n) is 17.6. The van der Waals surface area contributed by atoms with E-state index in [9.17, 15) is 23.3 Å². The Morgan fingerprint density at radius 3 is 2.58 bits per heavy atom. The largest absolute Gasteiger partial charge is 0.491 e. The number of nitro benzene ring substituents is 1. The predicted octanol–water partition coefficient (Wildman–Crippen LogP) is 1.62. The zero-order valence-corrected chi connectivity index (χ0v) is 18.4. The van der Waals surface area contributed by atoms with Crippen molar-refractivity contribution in [1.82, 2.24) is 0 Å². The molecule has 2 heterocycles. The van der Waals surface area contributed by atoms with Crippen molar-refractivity contribution in [2.24, 2.45) is 5.14 Å². The minimum absolute atomic E-state index is 0.0809. The number of nitrogens with zero attached hydrogens (tertiary/aromatic N) is 2. The number of hydrogen-bond acceptors (Lipinski definition) is 9. The molecule has 2 aromatic carbocycles. The number of fused-ring (bicyclic) bond motifs is 1. The van der Waals surface area contributed by atoms with Gasteiger partial charge in [0, 0.05) is 32.0 Å². The van der Waals surface area contributed by atoms with Crippen molar-refractivity contribution >= 4 is 27.2 Å². The van der Waals surface area contributed by atoms with Crippen LogP contribution in [0, 0.1) is 10.1 Å². The number of nitro groups is 1. The molecule has 2 aliphatic rings. The smallest absolute Gasteiger partial charge is 0.293 e. The summed E-state index contributed by atoms with van der Waals surface area (Å²) in [7, 11) is -4.07. The molecule has 176 valence electrons. The van der Waals surface area contributed by atoms with Gasteiger partial charge in [0.25, 0.3) is 5.69 Å². The number of carbonyl (C=O) groups excluding carboxylic acids is 1. The molecule has 0 unspecified atom stereocenters. The van der Waals surface area contributed by atoms with Crippen LogP contribution in [-0.2, 0) is 10.0 Å². The zero-order chi connectivity index (χ0) is 23.8. The number of hydrogen-bond donors (Lipinski definition) is 2. The molecule has 1 saturated heterocycles. The summed E-state index contributed by atoms with van der Waals surface area (Å²) in [6.45, 7) is 0.758. The third-order valence-electron chi connectivity index (χ3n) is 5.91. The highest BCUT2D eigenvalue weighted by atomic mass is 32.2. The fourth-order valence-corrected chi connectivity index (χ4v) is 4.79. The van der Waals surface area contributed by atoms with Crippen molar-refractivity contribution in [2.45, 2.75) is 29.8 Å². The maximum atomic E-state index is 12.9. The number of ether oxygens (including phenoxy) is 2. The molecule has 33 heavy (non-hydrogen) atoms. The van der Waals surface area contributed by atoms with E-state index in [-0.39, 0.29) is 41.7 Å². The fourth-order valence-electron chi connectivity index (χ4n) is 4.25. The second-order valence-electron chi connectivity index (χ2n) is 8.05. The summed E-state index contributed by atoms with van der Waals surface area (Å²) in [5, 5.41) is 25.6. The molecule has 0 amide bonds. The number of anilines is 1. The minimum atomic E-state index is -4.07. The van der Waals surface area contributed by atoms with Crippen LogP contribution in [0.5, 0.6) is 11.5 Å². The molecule has 11 nitrogen and oxygen atoms in total. The molecule has 3 N–H and O–H groups in total. The molecule has 1 fully saturated rings. The van der Waals surface area contributed by atoms with Crippen LogP contribution in [0.25, 0.3) is 0 Å². The van der Waals surface area contributed by atoms with E-state index in [1.807, 2.05) is 0 Å². The summed E-state index contributed by atoms with van der Waals surface area (Å²) in [5.41, 5.74) is -0.356. The number of aliphatic hydroxyl groups is 1. The number of Topliss-reactive ketones (excluding diaryl/α,β-unsaturated/α-hetero) is 1. The summed E-state index contributed by atoms with van der Waals surface area (Å²) in [6, 6.07) is 8.53. The number of sulfonamides is 1. The first-order chi connectivity index (χ1) is 15.6. The Morgan fingerprint density at radius 1 is 1.21 bits per heavy atom. The molecule has 0 radical (unpaired) electrons. The first-order valence-corrected chi connectivity index (χ1v) is 11.8. The summed E-state index contributed by atoms with van der Waals surface area (Å²) in [6.07, 6.45) is 1.08. The van der Waals surface area contributed by atoms with Gasteiger partial charge in [0.1, 0.15) is 29.4 Å². The van der Waals surface area contributed by atoms with Crippen molar-refractivity contribution in [3.8, 4) is 11.5 Å². The van der Waals surface area contributed by atoms with Gasteiger partial charge in [-0.25, -0.2) is 13.6 Å². The van der Waals surface area contributed by atoms with Gasteiger partial charge >= 0.3 is 0 Å². The van der Waals surface area contributed by atoms with Gasteiger partial charge in [0.15, 0.2) is 5.78 Å². The molecule has 0 aromatic heterocycles. The summed E-state index contributed by atoms with van der Waals surface area (Å²) in [4.78, 5) is 25.2. The van der Waals surface area contributed by atoms with E-state index in [2.05, 4.69) is 0 Å². The Bertz CT molecular complexity index is 1210. The van der Waals surface area contributed by atoms with Gasteiger partial charge in [-0.05, 0) is 30.3 Å². The molecule has 0 aliphatic carbocycles. The summed E-state index contributed by atoms with van der Waals surface area (Å²) < 4.78 is 34.8. The van der Waals surface area contributed by atoms with Crippen LogP contribution < -0.4 is 19.5 Å². The molecule has 2 aliphatic heterocycles. The number of aliphatic hydroxyl groups excluding tert-OH is 1. The SMILES string of the molecule is NS(=O)(=O)c1ccc(N2CCC3(CC2)CC(=O)c2cc(OCCO)ccc2O3)c([N+](=O)[O-])c1. The Hall–Kier alpha value is -3.22. The summed E-state index contributed by atoms with van der Waals surface area (Å²) in [5.74, 6) is 0.850. The lowest BCUT2D eigenvalue weighted by Crippen LogP contribution is -2.51.